The molecule has 0 aliphatic heterocycles. The zero-order valence-electron chi connectivity index (χ0n) is 12.8. The van der Waals surface area contributed by atoms with E-state index < -0.39 is 0 Å². The monoisotopic (exact) mass is 274 g/mol. The molecule has 1 heterocycles. The number of ether oxygens (including phenoxy) is 2. The van der Waals surface area contributed by atoms with Gasteiger partial charge in [-0.3, -0.25) is 0 Å². The molecule has 0 aliphatic carbocycles. The van der Waals surface area contributed by atoms with Crippen molar-refractivity contribution in [3.63, 3.8) is 0 Å². The minimum absolute atomic E-state index is 0.618. The third-order valence-electron chi connectivity index (χ3n) is 3.40. The van der Waals surface area contributed by atoms with E-state index in [4.69, 9.17) is 14.5 Å². The lowest BCUT2D eigenvalue weighted by atomic mass is 10.1. The van der Waals surface area contributed by atoms with Crippen LogP contribution in [0.25, 0.3) is 10.9 Å². The Labute approximate surface area is 120 Å². The van der Waals surface area contributed by atoms with Gasteiger partial charge in [-0.15, -0.1) is 0 Å². The SMILES string of the molecule is CCOc1ccc(OCC)c2c(NC)c(C)c(C)nc12. The van der Waals surface area contributed by atoms with Gasteiger partial charge in [-0.2, -0.15) is 0 Å². The Balaban J connectivity index is 2.84. The third-order valence-corrected chi connectivity index (χ3v) is 3.40. The molecule has 2 aromatic rings. The predicted octanol–water partition coefficient (Wildman–Crippen LogP) is 3.69. The highest BCUT2D eigenvalue weighted by Crippen LogP contribution is 2.39. The molecule has 1 aromatic heterocycles. The van der Waals surface area contributed by atoms with Crippen LogP contribution in [0.5, 0.6) is 11.5 Å². The van der Waals surface area contributed by atoms with Gasteiger partial charge in [0.1, 0.15) is 17.0 Å². The minimum Gasteiger partial charge on any atom is -0.493 e. The summed E-state index contributed by atoms with van der Waals surface area (Å²) in [5, 5.41) is 4.26. The van der Waals surface area contributed by atoms with E-state index in [2.05, 4.69) is 12.2 Å². The first kappa shape index (κ1) is 14.4. The molecule has 1 N–H and O–H groups in total. The van der Waals surface area contributed by atoms with E-state index in [1.54, 1.807) is 0 Å². The quantitative estimate of drug-likeness (QED) is 0.903. The van der Waals surface area contributed by atoms with E-state index in [1.807, 2.05) is 40.0 Å². The Hall–Kier alpha value is -1.97. The molecule has 0 aliphatic rings. The van der Waals surface area contributed by atoms with Crippen LogP contribution in [0.15, 0.2) is 12.1 Å². The standard InChI is InChI=1S/C16H22N2O2/c1-6-19-12-8-9-13(20-7-2)16-14(12)15(17-5)10(3)11(4)18-16/h8-9H,6-7H2,1-5H3,(H,17,18). The molecule has 0 fully saturated rings. The smallest absolute Gasteiger partial charge is 0.145 e. The fourth-order valence-electron chi connectivity index (χ4n) is 2.39. The van der Waals surface area contributed by atoms with Crippen molar-refractivity contribution in [1.82, 2.24) is 4.98 Å². The maximum Gasteiger partial charge on any atom is 0.145 e. The summed E-state index contributed by atoms with van der Waals surface area (Å²) in [7, 11) is 1.92. The van der Waals surface area contributed by atoms with Gasteiger partial charge < -0.3 is 14.8 Å². The van der Waals surface area contributed by atoms with E-state index >= 15 is 0 Å². The first-order chi connectivity index (χ1) is 9.63. The lowest BCUT2D eigenvalue weighted by Crippen LogP contribution is -2.03. The van der Waals surface area contributed by atoms with Crippen molar-refractivity contribution in [1.29, 1.82) is 0 Å². The number of fused-ring (bicyclic) bond motifs is 1. The second kappa shape index (κ2) is 5.99. The highest BCUT2D eigenvalue weighted by atomic mass is 16.5. The van der Waals surface area contributed by atoms with Crippen LogP contribution in [0.2, 0.25) is 0 Å². The lowest BCUT2D eigenvalue weighted by Gasteiger charge is -2.17. The lowest BCUT2D eigenvalue weighted by molar-refractivity contribution is 0.336. The summed E-state index contributed by atoms with van der Waals surface area (Å²) >= 11 is 0. The average Bonchev–Trinajstić information content (AvgIpc) is 2.44. The number of nitrogens with zero attached hydrogens (tertiary/aromatic N) is 1. The Morgan fingerprint density at radius 2 is 1.65 bits per heavy atom. The molecule has 0 spiro atoms. The normalized spacial score (nSPS) is 10.7. The molecule has 2 rings (SSSR count). The number of anilines is 1. The fourth-order valence-corrected chi connectivity index (χ4v) is 2.39. The van der Waals surface area contributed by atoms with Crippen molar-refractivity contribution < 1.29 is 9.47 Å². The molecule has 0 unspecified atom stereocenters. The average molecular weight is 274 g/mol. The van der Waals surface area contributed by atoms with Crippen LogP contribution in [0, 0.1) is 13.8 Å². The van der Waals surface area contributed by atoms with Gasteiger partial charge in [0.05, 0.1) is 24.3 Å². The van der Waals surface area contributed by atoms with Gasteiger partial charge in [0.25, 0.3) is 0 Å². The molecule has 20 heavy (non-hydrogen) atoms. The number of rotatable bonds is 5. The van der Waals surface area contributed by atoms with Crippen molar-refractivity contribution in [3.8, 4) is 11.5 Å². The molecule has 4 heteroatoms. The Kier molecular flexibility index (Phi) is 4.32. The summed E-state index contributed by atoms with van der Waals surface area (Å²) in [4.78, 5) is 4.70. The molecule has 108 valence electrons. The molecule has 0 amide bonds. The van der Waals surface area contributed by atoms with Crippen molar-refractivity contribution in [2.45, 2.75) is 27.7 Å². The molecular weight excluding hydrogens is 252 g/mol. The number of benzene rings is 1. The van der Waals surface area contributed by atoms with Gasteiger partial charge >= 0.3 is 0 Å². The maximum atomic E-state index is 5.75. The van der Waals surface area contributed by atoms with Crippen molar-refractivity contribution >= 4 is 16.6 Å². The highest BCUT2D eigenvalue weighted by Gasteiger charge is 2.16. The van der Waals surface area contributed by atoms with Crippen LogP contribution in [0.3, 0.4) is 0 Å². The minimum atomic E-state index is 0.618. The zero-order valence-corrected chi connectivity index (χ0v) is 12.8. The third kappa shape index (κ3) is 2.38. The second-order valence-corrected chi connectivity index (χ2v) is 4.60. The molecule has 4 nitrogen and oxygen atoms in total. The summed E-state index contributed by atoms with van der Waals surface area (Å²) < 4.78 is 11.5. The van der Waals surface area contributed by atoms with Crippen LogP contribution in [-0.2, 0) is 0 Å². The van der Waals surface area contributed by atoms with Crippen LogP contribution in [0.4, 0.5) is 5.69 Å². The van der Waals surface area contributed by atoms with Gasteiger partial charge in [0.15, 0.2) is 0 Å². The van der Waals surface area contributed by atoms with Gasteiger partial charge in [0.2, 0.25) is 0 Å². The Morgan fingerprint density at radius 1 is 1.05 bits per heavy atom. The van der Waals surface area contributed by atoms with E-state index in [-0.39, 0.29) is 0 Å². The summed E-state index contributed by atoms with van der Waals surface area (Å²) in [6, 6.07) is 3.88. The van der Waals surface area contributed by atoms with Crippen LogP contribution in [0.1, 0.15) is 25.1 Å². The molecule has 0 atom stereocenters. The molecule has 0 radical (unpaired) electrons. The summed E-state index contributed by atoms with van der Waals surface area (Å²) in [6.07, 6.45) is 0. The van der Waals surface area contributed by atoms with Crippen LogP contribution in [-0.4, -0.2) is 25.2 Å². The van der Waals surface area contributed by atoms with Crippen LogP contribution < -0.4 is 14.8 Å². The van der Waals surface area contributed by atoms with Gasteiger partial charge in [0, 0.05) is 12.7 Å². The zero-order chi connectivity index (χ0) is 14.7. The van der Waals surface area contributed by atoms with Crippen molar-refractivity contribution in [2.24, 2.45) is 0 Å². The van der Waals surface area contributed by atoms with Crippen molar-refractivity contribution in [3.05, 3.63) is 23.4 Å². The summed E-state index contributed by atoms with van der Waals surface area (Å²) in [5.74, 6) is 1.64. The first-order valence-corrected chi connectivity index (χ1v) is 7.01. The first-order valence-electron chi connectivity index (χ1n) is 7.01. The van der Waals surface area contributed by atoms with Crippen molar-refractivity contribution in [2.75, 3.05) is 25.6 Å². The fraction of sp³-hybridized carbons (Fsp3) is 0.438. The number of hydrogen-bond acceptors (Lipinski definition) is 4. The topological polar surface area (TPSA) is 43.4 Å². The van der Waals surface area contributed by atoms with E-state index in [0.717, 1.165) is 39.3 Å². The number of aromatic nitrogens is 1. The predicted molar refractivity (Wildman–Crippen MR) is 83.1 cm³/mol. The summed E-state index contributed by atoms with van der Waals surface area (Å²) in [5.41, 5.74) is 4.04. The molecule has 1 aromatic carbocycles. The highest BCUT2D eigenvalue weighted by molar-refractivity contribution is 6.01. The Morgan fingerprint density at radius 3 is 2.25 bits per heavy atom. The van der Waals surface area contributed by atoms with Crippen LogP contribution >= 0.6 is 0 Å². The molecular formula is C16H22N2O2. The Bertz CT molecular complexity index is 624. The maximum absolute atomic E-state index is 5.75. The summed E-state index contributed by atoms with van der Waals surface area (Å²) in [6.45, 7) is 9.28. The number of nitrogens with one attached hydrogen (secondary N) is 1. The number of aryl methyl sites for hydroxylation is 1. The second-order valence-electron chi connectivity index (χ2n) is 4.60. The molecule has 0 saturated heterocycles. The number of hydrogen-bond donors (Lipinski definition) is 1. The molecule has 0 saturated carbocycles. The van der Waals surface area contributed by atoms with Gasteiger partial charge in [-0.05, 0) is 45.4 Å². The van der Waals surface area contributed by atoms with E-state index in [1.165, 1.54) is 0 Å². The molecule has 0 bridgehead atoms. The van der Waals surface area contributed by atoms with Gasteiger partial charge in [-0.25, -0.2) is 4.98 Å². The number of pyridine rings is 1. The van der Waals surface area contributed by atoms with E-state index in [0.29, 0.717) is 13.2 Å². The van der Waals surface area contributed by atoms with Gasteiger partial charge in [-0.1, -0.05) is 0 Å². The largest absolute Gasteiger partial charge is 0.493 e. The van der Waals surface area contributed by atoms with E-state index in [9.17, 15) is 0 Å².